The molecule has 4 aromatic rings. The lowest BCUT2D eigenvalue weighted by molar-refractivity contribution is 0.779. The van der Waals surface area contributed by atoms with Gasteiger partial charge in [-0.15, -0.1) is 0 Å². The Morgan fingerprint density at radius 2 is 1.22 bits per heavy atom. The van der Waals surface area contributed by atoms with Gasteiger partial charge in [0.2, 0.25) is 0 Å². The van der Waals surface area contributed by atoms with E-state index < -0.39 is 0 Å². The number of fused-ring (bicyclic) bond motifs is 2. The zero-order valence-electron chi connectivity index (χ0n) is 21.4. The number of nitrogens with zero attached hydrogens (tertiary/aromatic N) is 1. The van der Waals surface area contributed by atoms with Gasteiger partial charge in [0.25, 0.3) is 0 Å². The molecule has 1 atom stereocenters. The molecule has 0 spiro atoms. The van der Waals surface area contributed by atoms with E-state index in [1.807, 2.05) is 0 Å². The highest BCUT2D eigenvalue weighted by molar-refractivity contribution is 6.00. The molecule has 0 aliphatic heterocycles. The molecule has 0 N–H and O–H groups in total. The molecule has 6 rings (SSSR count). The van der Waals surface area contributed by atoms with Gasteiger partial charge in [-0.25, -0.2) is 0 Å². The van der Waals surface area contributed by atoms with Crippen LogP contribution in [0.2, 0.25) is 0 Å². The van der Waals surface area contributed by atoms with Crippen molar-refractivity contribution in [1.82, 2.24) is 0 Å². The van der Waals surface area contributed by atoms with Crippen LogP contribution in [-0.4, -0.2) is 6.04 Å². The molecule has 0 saturated carbocycles. The first-order valence-electron chi connectivity index (χ1n) is 13.1. The van der Waals surface area contributed by atoms with Gasteiger partial charge in [0.05, 0.1) is 6.04 Å². The molecule has 0 fully saturated rings. The topological polar surface area (TPSA) is 3.24 Å². The molecule has 0 bridgehead atoms. The van der Waals surface area contributed by atoms with Crippen molar-refractivity contribution in [3.63, 3.8) is 0 Å². The third-order valence-corrected chi connectivity index (χ3v) is 7.33. The smallest absolute Gasteiger partial charge is 0.0560 e. The van der Waals surface area contributed by atoms with Crippen molar-refractivity contribution in [3.05, 3.63) is 154 Å². The lowest BCUT2D eigenvalue weighted by Crippen LogP contribution is -2.30. The highest BCUT2D eigenvalue weighted by Crippen LogP contribution is 2.36. The highest BCUT2D eigenvalue weighted by Gasteiger charge is 2.20. The van der Waals surface area contributed by atoms with Gasteiger partial charge >= 0.3 is 0 Å². The molecule has 0 aromatic heterocycles. The van der Waals surface area contributed by atoms with Crippen LogP contribution in [0.1, 0.15) is 46.7 Å². The van der Waals surface area contributed by atoms with Crippen LogP contribution in [0, 0.1) is 6.92 Å². The maximum absolute atomic E-state index is 2.45. The first kappa shape index (κ1) is 23.1. The van der Waals surface area contributed by atoms with Crippen LogP contribution < -0.4 is 4.90 Å². The van der Waals surface area contributed by atoms with Crippen LogP contribution in [0.5, 0.6) is 0 Å². The van der Waals surface area contributed by atoms with Gasteiger partial charge in [0, 0.05) is 11.4 Å². The Morgan fingerprint density at radius 3 is 1.78 bits per heavy atom. The van der Waals surface area contributed by atoms with E-state index in [1.165, 1.54) is 55.9 Å². The molecular formula is C36H31N. The quantitative estimate of drug-likeness (QED) is 0.249. The largest absolute Gasteiger partial charge is 0.334 e. The third kappa shape index (κ3) is 4.73. The van der Waals surface area contributed by atoms with Crippen molar-refractivity contribution in [2.45, 2.75) is 26.3 Å². The summed E-state index contributed by atoms with van der Waals surface area (Å²) in [5, 5.41) is 0. The Labute approximate surface area is 220 Å². The lowest BCUT2D eigenvalue weighted by Gasteiger charge is -2.33. The van der Waals surface area contributed by atoms with E-state index in [-0.39, 0.29) is 0 Å². The molecule has 1 nitrogen and oxygen atoms in total. The van der Waals surface area contributed by atoms with Gasteiger partial charge in [0.1, 0.15) is 0 Å². The summed E-state index contributed by atoms with van der Waals surface area (Å²) in [6.45, 7) is 4.31. The number of benzene rings is 4. The predicted octanol–water partition coefficient (Wildman–Crippen LogP) is 9.48. The third-order valence-electron chi connectivity index (χ3n) is 7.33. The average Bonchev–Trinajstić information content (AvgIpc) is 3.09. The summed E-state index contributed by atoms with van der Waals surface area (Å²) in [7, 11) is 0. The second kappa shape index (κ2) is 9.95. The Balaban J connectivity index is 1.40. The van der Waals surface area contributed by atoms with Gasteiger partial charge in [-0.05, 0) is 84.0 Å². The van der Waals surface area contributed by atoms with Crippen molar-refractivity contribution in [1.29, 1.82) is 0 Å². The van der Waals surface area contributed by atoms with Crippen LogP contribution in [0.3, 0.4) is 0 Å². The van der Waals surface area contributed by atoms with E-state index >= 15 is 0 Å². The molecule has 2 aliphatic carbocycles. The van der Waals surface area contributed by atoms with Crippen molar-refractivity contribution >= 4 is 35.2 Å². The Morgan fingerprint density at radius 1 is 0.649 bits per heavy atom. The molecule has 2 aliphatic rings. The number of hydrogen-bond acceptors (Lipinski definition) is 1. The van der Waals surface area contributed by atoms with Crippen molar-refractivity contribution < 1.29 is 0 Å². The maximum Gasteiger partial charge on any atom is 0.0560 e. The van der Waals surface area contributed by atoms with Gasteiger partial charge < -0.3 is 4.90 Å². The fourth-order valence-corrected chi connectivity index (χ4v) is 5.30. The van der Waals surface area contributed by atoms with Crippen LogP contribution in [0.15, 0.2) is 121 Å². The van der Waals surface area contributed by atoms with E-state index in [0.717, 1.165) is 6.42 Å². The van der Waals surface area contributed by atoms with Crippen molar-refractivity contribution in [2.75, 3.05) is 4.90 Å². The highest BCUT2D eigenvalue weighted by atomic mass is 15.2. The number of allylic oxidation sites excluding steroid dienone is 2. The Hall–Kier alpha value is -4.36. The molecule has 0 heterocycles. The molecule has 1 heteroatoms. The minimum atomic E-state index is 0.294. The van der Waals surface area contributed by atoms with Crippen molar-refractivity contribution in [3.8, 4) is 0 Å². The van der Waals surface area contributed by atoms with Crippen LogP contribution in [-0.2, 0) is 0 Å². The fraction of sp³-hybridized carbons (Fsp3) is 0.111. The molecule has 0 saturated heterocycles. The van der Waals surface area contributed by atoms with Gasteiger partial charge in [-0.2, -0.15) is 0 Å². The summed E-state index contributed by atoms with van der Waals surface area (Å²) in [6.07, 6.45) is 14.7. The molecule has 0 amide bonds. The molecule has 37 heavy (non-hydrogen) atoms. The molecule has 4 aromatic carbocycles. The SMILES string of the molecule is CC1=CCC(N(c2ccc(C)cc2)c2ccc(C=C3c4ccccc4C=Cc4ccccc43)cc2)C=C1. The second-order valence-corrected chi connectivity index (χ2v) is 9.97. The summed E-state index contributed by atoms with van der Waals surface area (Å²) < 4.78 is 0. The van der Waals surface area contributed by atoms with E-state index in [2.05, 4.69) is 152 Å². The number of aryl methyl sites for hydroxylation is 1. The van der Waals surface area contributed by atoms with Crippen molar-refractivity contribution in [2.24, 2.45) is 0 Å². The number of rotatable bonds is 4. The minimum Gasteiger partial charge on any atom is -0.334 e. The van der Waals surface area contributed by atoms with E-state index in [9.17, 15) is 0 Å². The first-order chi connectivity index (χ1) is 18.2. The molecular weight excluding hydrogens is 446 g/mol. The summed E-state index contributed by atoms with van der Waals surface area (Å²) in [6, 6.07) is 35.5. The van der Waals surface area contributed by atoms with Crippen LogP contribution >= 0.6 is 0 Å². The number of anilines is 2. The normalized spacial score (nSPS) is 15.9. The zero-order valence-corrected chi connectivity index (χ0v) is 21.4. The van der Waals surface area contributed by atoms with Gasteiger partial charge in [-0.1, -0.05) is 114 Å². The van der Waals surface area contributed by atoms with E-state index in [1.54, 1.807) is 0 Å². The fourth-order valence-electron chi connectivity index (χ4n) is 5.30. The second-order valence-electron chi connectivity index (χ2n) is 9.97. The zero-order chi connectivity index (χ0) is 25.2. The van der Waals surface area contributed by atoms with Gasteiger partial charge in [0.15, 0.2) is 0 Å². The minimum absolute atomic E-state index is 0.294. The predicted molar refractivity (Wildman–Crippen MR) is 160 cm³/mol. The number of hydrogen-bond donors (Lipinski definition) is 0. The van der Waals surface area contributed by atoms with Crippen LogP contribution in [0.4, 0.5) is 11.4 Å². The molecule has 180 valence electrons. The lowest BCUT2D eigenvalue weighted by atomic mass is 9.92. The summed E-state index contributed by atoms with van der Waals surface area (Å²) >= 11 is 0. The Bertz CT molecular complexity index is 1490. The van der Waals surface area contributed by atoms with E-state index in [4.69, 9.17) is 0 Å². The molecule has 1 unspecified atom stereocenters. The Kier molecular flexibility index (Phi) is 6.20. The van der Waals surface area contributed by atoms with E-state index in [0.29, 0.717) is 6.04 Å². The maximum atomic E-state index is 2.45. The monoisotopic (exact) mass is 477 g/mol. The van der Waals surface area contributed by atoms with Gasteiger partial charge in [-0.3, -0.25) is 0 Å². The summed E-state index contributed by atoms with van der Waals surface area (Å²) in [5.74, 6) is 0. The molecule has 0 radical (unpaired) electrons. The first-order valence-corrected chi connectivity index (χ1v) is 13.1. The summed E-state index contributed by atoms with van der Waals surface area (Å²) in [4.78, 5) is 2.45. The standard InChI is InChI=1S/C36H31N/c1-26-11-19-31(20-12-26)37(32-21-13-27(2)14-22-32)33-23-15-28(16-24-33)25-36-34-9-5-3-7-29(34)17-18-30-8-4-6-10-35(30)36/h3-21,23-25,32H,22H2,1-2H3. The van der Waals surface area contributed by atoms with Crippen LogP contribution in [0.25, 0.3) is 23.8 Å². The summed E-state index contributed by atoms with van der Waals surface area (Å²) in [5.41, 5.74) is 12.5. The average molecular weight is 478 g/mol.